The molecule has 32 heavy (non-hydrogen) atoms. The second-order valence-corrected chi connectivity index (χ2v) is 10.2. The number of hydrogen-bond donors (Lipinski definition) is 2. The normalized spacial score (nSPS) is 15.0. The summed E-state index contributed by atoms with van der Waals surface area (Å²) in [4.78, 5) is 31.3. The second-order valence-electron chi connectivity index (χ2n) is 7.55. The molecule has 2 aromatic heterocycles. The minimum absolute atomic E-state index is 0.0853. The van der Waals surface area contributed by atoms with Crippen molar-refractivity contribution in [1.29, 1.82) is 0 Å². The highest BCUT2D eigenvalue weighted by molar-refractivity contribution is 7.88. The summed E-state index contributed by atoms with van der Waals surface area (Å²) in [7, 11) is -3.23. The number of amides is 1. The lowest BCUT2D eigenvalue weighted by Crippen LogP contribution is -2.44. The summed E-state index contributed by atoms with van der Waals surface area (Å²) in [6.45, 7) is 1.33. The van der Waals surface area contributed by atoms with E-state index in [0.29, 0.717) is 36.8 Å². The van der Waals surface area contributed by atoms with Gasteiger partial charge in [-0.05, 0) is 31.0 Å². The maximum absolute atomic E-state index is 12.8. The predicted octanol–water partition coefficient (Wildman–Crippen LogP) is 2.06. The van der Waals surface area contributed by atoms with Gasteiger partial charge in [0.05, 0.1) is 17.6 Å². The molecule has 0 unspecified atom stereocenters. The summed E-state index contributed by atoms with van der Waals surface area (Å²) < 4.78 is 27.0. The third-order valence-electron chi connectivity index (χ3n) is 5.12. The van der Waals surface area contributed by atoms with Gasteiger partial charge in [0, 0.05) is 36.8 Å². The number of carbonyl (C=O) groups excluding carboxylic acids is 1. The average molecular weight is 474 g/mol. The Kier molecular flexibility index (Phi) is 6.40. The quantitative estimate of drug-likeness (QED) is 0.567. The van der Waals surface area contributed by atoms with E-state index in [1.807, 2.05) is 24.3 Å². The Morgan fingerprint density at radius 3 is 2.56 bits per heavy atom. The molecule has 0 aliphatic carbocycles. The monoisotopic (exact) mass is 473 g/mol. The molecule has 0 atom stereocenters. The zero-order valence-electron chi connectivity index (χ0n) is 17.4. The summed E-state index contributed by atoms with van der Waals surface area (Å²) in [6, 6.07) is 12.2. The van der Waals surface area contributed by atoms with Crippen molar-refractivity contribution < 1.29 is 13.2 Å². The van der Waals surface area contributed by atoms with Crippen molar-refractivity contribution in [2.45, 2.75) is 18.9 Å². The zero-order chi connectivity index (χ0) is 22.7. The number of thiazole rings is 1. The van der Waals surface area contributed by atoms with Crippen LogP contribution >= 0.6 is 11.3 Å². The first kappa shape index (κ1) is 22.2. The van der Waals surface area contributed by atoms with E-state index in [4.69, 9.17) is 0 Å². The smallest absolute Gasteiger partial charge is 0.275 e. The molecule has 1 aliphatic rings. The summed E-state index contributed by atoms with van der Waals surface area (Å²) >= 11 is 1.22. The number of aromatic nitrogens is 2. The van der Waals surface area contributed by atoms with Crippen molar-refractivity contribution in [1.82, 2.24) is 14.3 Å². The van der Waals surface area contributed by atoms with Crippen LogP contribution in [0, 0.1) is 0 Å². The lowest BCUT2D eigenvalue weighted by atomic mass is 10.0. The number of hydrogen-bond acceptors (Lipinski definition) is 7. The van der Waals surface area contributed by atoms with Gasteiger partial charge in [-0.1, -0.05) is 18.2 Å². The van der Waals surface area contributed by atoms with Gasteiger partial charge in [-0.15, -0.1) is 11.3 Å². The van der Waals surface area contributed by atoms with Crippen LogP contribution in [0.15, 0.2) is 58.8 Å². The molecule has 0 bridgehead atoms. The predicted molar refractivity (Wildman–Crippen MR) is 125 cm³/mol. The number of carbonyl (C=O) groups is 1. The minimum Gasteiger partial charge on any atom is -0.370 e. The van der Waals surface area contributed by atoms with Crippen LogP contribution in [0.25, 0.3) is 5.13 Å². The fourth-order valence-electron chi connectivity index (χ4n) is 3.65. The Morgan fingerprint density at radius 1 is 1.12 bits per heavy atom. The second kappa shape index (κ2) is 9.23. The van der Waals surface area contributed by atoms with Gasteiger partial charge in [0.15, 0.2) is 5.13 Å². The van der Waals surface area contributed by atoms with Crippen molar-refractivity contribution in [2.75, 3.05) is 29.6 Å². The van der Waals surface area contributed by atoms with Crippen LogP contribution in [0.2, 0.25) is 0 Å². The number of para-hydroxylation sites is 2. The van der Waals surface area contributed by atoms with Gasteiger partial charge < -0.3 is 10.2 Å². The van der Waals surface area contributed by atoms with Crippen molar-refractivity contribution in [3.05, 3.63) is 70.1 Å². The molecule has 1 aromatic carbocycles. The molecule has 3 aromatic rings. The Morgan fingerprint density at radius 2 is 1.84 bits per heavy atom. The number of pyridine rings is 1. The first-order chi connectivity index (χ1) is 15.3. The van der Waals surface area contributed by atoms with Crippen LogP contribution in [0.3, 0.4) is 0 Å². The van der Waals surface area contributed by atoms with E-state index in [1.165, 1.54) is 28.2 Å². The molecule has 168 valence electrons. The average Bonchev–Trinajstić information content (AvgIpc) is 3.24. The Labute approximate surface area is 189 Å². The molecule has 1 saturated heterocycles. The van der Waals surface area contributed by atoms with Crippen LogP contribution in [-0.4, -0.2) is 49.3 Å². The van der Waals surface area contributed by atoms with Crippen molar-refractivity contribution >= 4 is 38.6 Å². The highest BCUT2D eigenvalue weighted by Gasteiger charge is 2.24. The van der Waals surface area contributed by atoms with Crippen molar-refractivity contribution in [3.63, 3.8) is 0 Å². The van der Waals surface area contributed by atoms with E-state index in [0.717, 1.165) is 5.69 Å². The van der Waals surface area contributed by atoms with E-state index >= 15 is 0 Å². The molecule has 0 radical (unpaired) electrons. The van der Waals surface area contributed by atoms with Gasteiger partial charge in [0.1, 0.15) is 5.69 Å². The van der Waals surface area contributed by atoms with Crippen molar-refractivity contribution in [2.24, 2.45) is 0 Å². The molecule has 1 aliphatic heterocycles. The van der Waals surface area contributed by atoms with Gasteiger partial charge in [0.25, 0.3) is 11.5 Å². The molecule has 4 rings (SSSR count). The molecule has 0 saturated carbocycles. The number of sulfonamides is 1. The number of nitrogens with zero attached hydrogens (tertiary/aromatic N) is 3. The van der Waals surface area contributed by atoms with Crippen LogP contribution in [-0.2, 0) is 10.0 Å². The maximum Gasteiger partial charge on any atom is 0.275 e. The highest BCUT2D eigenvalue weighted by Crippen LogP contribution is 2.29. The molecule has 0 spiro atoms. The van der Waals surface area contributed by atoms with Gasteiger partial charge in [-0.2, -0.15) is 0 Å². The third kappa shape index (κ3) is 5.23. The number of rotatable bonds is 6. The summed E-state index contributed by atoms with van der Waals surface area (Å²) in [5.74, 6) is -0.363. The lowest BCUT2D eigenvalue weighted by Gasteiger charge is -2.34. The standard InChI is InChI=1S/C21H23N5O4S2/c1-32(29,30)24-15-9-12-25(13-10-15)18-7-3-2-6-16(18)22-20(28)17-14-31-21(23-17)26-11-5-4-8-19(26)27/h2-8,11,14-15,24H,9-10,12-13H2,1H3,(H,22,28). The van der Waals surface area contributed by atoms with Gasteiger partial charge >= 0.3 is 0 Å². The molecule has 3 heterocycles. The molecule has 11 heteroatoms. The topological polar surface area (TPSA) is 113 Å². The summed E-state index contributed by atoms with van der Waals surface area (Å²) in [5, 5.41) is 4.96. The summed E-state index contributed by atoms with van der Waals surface area (Å²) in [5.41, 5.74) is 1.53. The van der Waals surface area contributed by atoms with Crippen LogP contribution in [0.1, 0.15) is 23.3 Å². The van der Waals surface area contributed by atoms with Gasteiger partial charge in [-0.25, -0.2) is 18.1 Å². The van der Waals surface area contributed by atoms with Crippen LogP contribution < -0.4 is 20.5 Å². The fourth-order valence-corrected chi connectivity index (χ4v) is 5.28. The molecule has 9 nitrogen and oxygen atoms in total. The maximum atomic E-state index is 12.8. The lowest BCUT2D eigenvalue weighted by molar-refractivity contribution is 0.102. The Bertz CT molecular complexity index is 1280. The van der Waals surface area contributed by atoms with Crippen LogP contribution in [0.5, 0.6) is 0 Å². The highest BCUT2D eigenvalue weighted by atomic mass is 32.2. The number of benzene rings is 1. The number of anilines is 2. The third-order valence-corrected chi connectivity index (χ3v) is 6.72. The van der Waals surface area contributed by atoms with Gasteiger partial charge in [0.2, 0.25) is 10.0 Å². The Balaban J connectivity index is 1.47. The fraction of sp³-hybridized carbons (Fsp3) is 0.286. The number of nitrogens with one attached hydrogen (secondary N) is 2. The Hall–Kier alpha value is -3.02. The van der Waals surface area contributed by atoms with E-state index < -0.39 is 10.0 Å². The molecule has 2 N–H and O–H groups in total. The van der Waals surface area contributed by atoms with Crippen molar-refractivity contribution in [3.8, 4) is 5.13 Å². The van der Waals surface area contributed by atoms with Gasteiger partial charge in [-0.3, -0.25) is 14.2 Å². The number of piperidine rings is 1. The first-order valence-electron chi connectivity index (χ1n) is 10.1. The zero-order valence-corrected chi connectivity index (χ0v) is 19.0. The summed E-state index contributed by atoms with van der Waals surface area (Å²) in [6.07, 6.45) is 4.13. The minimum atomic E-state index is -3.23. The molecule has 1 fully saturated rings. The van der Waals surface area contributed by atoms with Crippen LogP contribution in [0.4, 0.5) is 11.4 Å². The largest absolute Gasteiger partial charge is 0.370 e. The van der Waals surface area contributed by atoms with E-state index in [9.17, 15) is 18.0 Å². The first-order valence-corrected chi connectivity index (χ1v) is 12.8. The molecular formula is C21H23N5O4S2. The SMILES string of the molecule is CS(=O)(=O)NC1CCN(c2ccccc2NC(=O)c2csc(-n3ccccc3=O)n2)CC1. The van der Waals surface area contributed by atoms with E-state index in [-0.39, 0.29) is 23.2 Å². The molecule has 1 amide bonds. The van der Waals surface area contributed by atoms with E-state index in [2.05, 4.69) is 19.9 Å². The van der Waals surface area contributed by atoms with E-state index in [1.54, 1.807) is 23.7 Å². The molecular weight excluding hydrogens is 450 g/mol.